The number of fused-ring (bicyclic) bond motifs is 3. The Morgan fingerprint density at radius 1 is 1.03 bits per heavy atom. The molecule has 35 heavy (non-hydrogen) atoms. The monoisotopic (exact) mass is 475 g/mol. The number of nitro benzene ring substituents is 1. The van der Waals surface area contributed by atoms with Crippen molar-refractivity contribution in [3.63, 3.8) is 0 Å². The topological polar surface area (TPSA) is 87.9 Å². The molecule has 0 aliphatic carbocycles. The fourth-order valence-corrected chi connectivity index (χ4v) is 4.36. The number of aryl methyl sites for hydroxylation is 2. The molecule has 0 spiro atoms. The van der Waals surface area contributed by atoms with E-state index in [-0.39, 0.29) is 11.4 Å². The normalized spacial score (nSPS) is 13.3. The molecule has 7 nitrogen and oxygen atoms in total. The zero-order valence-electron chi connectivity index (χ0n) is 20.4. The number of ether oxygens (including phenoxy) is 3. The van der Waals surface area contributed by atoms with Crippen LogP contribution in [0, 0.1) is 17.0 Å². The van der Waals surface area contributed by atoms with E-state index in [1.807, 2.05) is 45.0 Å². The Morgan fingerprint density at radius 3 is 2.46 bits per heavy atom. The van der Waals surface area contributed by atoms with Crippen molar-refractivity contribution in [2.75, 3.05) is 0 Å². The van der Waals surface area contributed by atoms with Crippen molar-refractivity contribution >= 4 is 11.8 Å². The van der Waals surface area contributed by atoms with Gasteiger partial charge in [0.05, 0.1) is 10.5 Å². The minimum Gasteiger partial charge on any atom is -0.482 e. The molecule has 7 heteroatoms. The summed E-state index contributed by atoms with van der Waals surface area (Å²) in [6.45, 7) is 8.22. The first-order valence-corrected chi connectivity index (χ1v) is 11.8. The van der Waals surface area contributed by atoms with Crippen molar-refractivity contribution in [3.05, 3.63) is 81.4 Å². The van der Waals surface area contributed by atoms with Crippen molar-refractivity contribution in [3.8, 4) is 28.4 Å². The number of nitrogens with zero attached hydrogens (tertiary/aromatic N) is 1. The molecule has 0 unspecified atom stereocenters. The quantitative estimate of drug-likeness (QED) is 0.115. The van der Waals surface area contributed by atoms with E-state index in [9.17, 15) is 14.9 Å². The largest absolute Gasteiger partial charge is 0.519 e. The first-order chi connectivity index (χ1) is 16.7. The Bertz CT molecular complexity index is 1260. The molecule has 0 bridgehead atoms. The highest BCUT2D eigenvalue weighted by atomic mass is 16.7. The van der Waals surface area contributed by atoms with Crippen LogP contribution in [0.3, 0.4) is 0 Å². The van der Waals surface area contributed by atoms with Crippen molar-refractivity contribution in [1.29, 1.82) is 0 Å². The number of benzene rings is 3. The summed E-state index contributed by atoms with van der Waals surface area (Å²) in [5.74, 6) is 1.19. The highest BCUT2D eigenvalue weighted by Crippen LogP contribution is 2.50. The van der Waals surface area contributed by atoms with Crippen LogP contribution < -0.4 is 14.2 Å². The average Bonchev–Trinajstić information content (AvgIpc) is 2.78. The first kappa shape index (κ1) is 24.3. The van der Waals surface area contributed by atoms with E-state index < -0.39 is 16.7 Å². The van der Waals surface area contributed by atoms with Crippen LogP contribution in [-0.2, 0) is 12.0 Å². The maximum atomic E-state index is 12.7. The van der Waals surface area contributed by atoms with Crippen LogP contribution in [0.5, 0.6) is 17.2 Å². The Hall–Kier alpha value is -3.87. The molecular weight excluding hydrogens is 446 g/mol. The lowest BCUT2D eigenvalue weighted by molar-refractivity contribution is -0.384. The maximum Gasteiger partial charge on any atom is 0.519 e. The number of hydrogen-bond acceptors (Lipinski definition) is 6. The van der Waals surface area contributed by atoms with E-state index in [1.54, 1.807) is 0 Å². The zero-order chi connectivity index (χ0) is 25.2. The third-order valence-electron chi connectivity index (χ3n) is 6.09. The smallest absolute Gasteiger partial charge is 0.482 e. The van der Waals surface area contributed by atoms with Crippen molar-refractivity contribution in [1.82, 2.24) is 0 Å². The molecule has 4 rings (SSSR count). The predicted molar refractivity (Wildman–Crippen MR) is 133 cm³/mol. The number of non-ortho nitro benzene ring substituents is 1. The molecule has 0 aromatic heterocycles. The summed E-state index contributed by atoms with van der Waals surface area (Å²) in [7, 11) is 0. The van der Waals surface area contributed by atoms with E-state index in [0.29, 0.717) is 17.1 Å². The summed E-state index contributed by atoms with van der Waals surface area (Å²) in [5, 5.41) is 10.9. The Balaban J connectivity index is 1.70. The van der Waals surface area contributed by atoms with E-state index >= 15 is 0 Å². The van der Waals surface area contributed by atoms with Gasteiger partial charge in [-0.15, -0.1) is 0 Å². The molecule has 0 saturated heterocycles. The molecule has 1 aliphatic heterocycles. The van der Waals surface area contributed by atoms with Gasteiger partial charge in [-0.2, -0.15) is 0 Å². The number of unbranched alkanes of at least 4 members (excludes halogenated alkanes) is 2. The van der Waals surface area contributed by atoms with Crippen LogP contribution in [0.25, 0.3) is 11.1 Å². The van der Waals surface area contributed by atoms with Gasteiger partial charge < -0.3 is 14.2 Å². The molecule has 182 valence electrons. The fraction of sp³-hybridized carbons (Fsp3) is 0.321. The van der Waals surface area contributed by atoms with Crippen molar-refractivity contribution in [2.45, 2.75) is 59.0 Å². The van der Waals surface area contributed by atoms with Crippen LogP contribution in [0.2, 0.25) is 0 Å². The van der Waals surface area contributed by atoms with Crippen LogP contribution in [0.4, 0.5) is 10.5 Å². The lowest BCUT2D eigenvalue weighted by Gasteiger charge is -2.36. The standard InChI is InChI=1S/C28H29NO6/c1-5-6-7-8-19-16-24(34-27(30)33-21-12-10-20(11-13-21)29(31)32)26-22-15-18(2)9-14-23(22)28(3,4)35-25(26)17-19/h9-17H,5-8H2,1-4H3. The van der Waals surface area contributed by atoms with Gasteiger partial charge in [0, 0.05) is 17.7 Å². The summed E-state index contributed by atoms with van der Waals surface area (Å²) >= 11 is 0. The lowest BCUT2D eigenvalue weighted by Crippen LogP contribution is -2.30. The predicted octanol–water partition coefficient (Wildman–Crippen LogP) is 7.51. The molecule has 3 aromatic carbocycles. The third-order valence-corrected chi connectivity index (χ3v) is 6.09. The molecule has 0 fully saturated rings. The van der Waals surface area contributed by atoms with Gasteiger partial charge in [-0.3, -0.25) is 10.1 Å². The SMILES string of the molecule is CCCCCc1cc(OC(=O)Oc2ccc([N+](=O)[O-])cc2)c2c(c1)OC(C)(C)c1ccc(C)cc1-2. The van der Waals surface area contributed by atoms with Gasteiger partial charge in [0.1, 0.15) is 22.8 Å². The summed E-state index contributed by atoms with van der Waals surface area (Å²) in [6.07, 6.45) is 3.13. The minimum absolute atomic E-state index is 0.0914. The first-order valence-electron chi connectivity index (χ1n) is 11.8. The van der Waals surface area contributed by atoms with Gasteiger partial charge >= 0.3 is 6.16 Å². The number of hydrogen-bond donors (Lipinski definition) is 0. The molecule has 3 aromatic rings. The van der Waals surface area contributed by atoms with Crippen molar-refractivity contribution in [2.24, 2.45) is 0 Å². The highest BCUT2D eigenvalue weighted by molar-refractivity contribution is 5.84. The molecule has 1 aliphatic rings. The van der Waals surface area contributed by atoms with Crippen LogP contribution in [0.1, 0.15) is 56.7 Å². The fourth-order valence-electron chi connectivity index (χ4n) is 4.36. The van der Waals surface area contributed by atoms with Crippen molar-refractivity contribution < 1.29 is 23.9 Å². The summed E-state index contributed by atoms with van der Waals surface area (Å²) < 4.78 is 17.5. The van der Waals surface area contributed by atoms with Crippen LogP contribution >= 0.6 is 0 Å². The minimum atomic E-state index is -0.925. The van der Waals surface area contributed by atoms with Crippen LogP contribution in [0.15, 0.2) is 54.6 Å². The maximum absolute atomic E-state index is 12.7. The van der Waals surface area contributed by atoms with Gasteiger partial charge in [-0.25, -0.2) is 4.79 Å². The molecule has 0 atom stereocenters. The summed E-state index contributed by atoms with van der Waals surface area (Å²) in [4.78, 5) is 23.1. The number of carbonyl (C=O) groups excluding carboxylic acids is 1. The van der Waals surface area contributed by atoms with Gasteiger partial charge in [-0.05, 0) is 69.0 Å². The molecule has 1 heterocycles. The molecule has 0 saturated carbocycles. The van der Waals surface area contributed by atoms with Gasteiger partial charge in [0.2, 0.25) is 0 Å². The highest BCUT2D eigenvalue weighted by Gasteiger charge is 2.35. The zero-order valence-corrected chi connectivity index (χ0v) is 20.4. The van der Waals surface area contributed by atoms with Gasteiger partial charge in [0.15, 0.2) is 0 Å². The number of carbonyl (C=O) groups is 1. The van der Waals surface area contributed by atoms with Gasteiger partial charge in [-0.1, -0.05) is 43.5 Å². The van der Waals surface area contributed by atoms with E-state index in [1.165, 1.54) is 24.3 Å². The third kappa shape index (κ3) is 5.29. The molecule has 0 amide bonds. The Kier molecular flexibility index (Phi) is 6.78. The molecular formula is C28H29NO6. The molecule has 0 radical (unpaired) electrons. The number of nitro groups is 1. The molecule has 0 N–H and O–H groups in total. The second-order valence-electron chi connectivity index (χ2n) is 9.29. The van der Waals surface area contributed by atoms with E-state index in [0.717, 1.165) is 47.9 Å². The number of rotatable bonds is 7. The summed E-state index contributed by atoms with van der Waals surface area (Å²) in [6, 6.07) is 15.3. The van der Waals surface area contributed by atoms with Crippen LogP contribution in [-0.4, -0.2) is 11.1 Å². The Labute approximate surface area is 204 Å². The lowest BCUT2D eigenvalue weighted by atomic mass is 9.84. The van der Waals surface area contributed by atoms with Gasteiger partial charge in [0.25, 0.3) is 5.69 Å². The average molecular weight is 476 g/mol. The second kappa shape index (κ2) is 9.78. The second-order valence-corrected chi connectivity index (χ2v) is 9.29. The summed E-state index contributed by atoms with van der Waals surface area (Å²) in [5.41, 5.74) is 4.13. The van der Waals surface area contributed by atoms with E-state index in [2.05, 4.69) is 13.0 Å². The van der Waals surface area contributed by atoms with E-state index in [4.69, 9.17) is 14.2 Å². The Morgan fingerprint density at radius 2 is 1.77 bits per heavy atom.